The van der Waals surface area contributed by atoms with E-state index in [-0.39, 0.29) is 11.4 Å². The first-order valence-electron chi connectivity index (χ1n) is 2.62. The normalized spacial score (nSPS) is 9.20. The zero-order valence-corrected chi connectivity index (χ0v) is 5.07. The lowest BCUT2D eigenvalue weighted by atomic mass is 10.3. The highest BCUT2D eigenvalue weighted by atomic mass is 16.6. The highest BCUT2D eigenvalue weighted by Crippen LogP contribution is 2.17. The minimum absolute atomic E-state index is 0.146. The third kappa shape index (κ3) is 1.05. The Balaban J connectivity index is 3.15. The Morgan fingerprint density at radius 2 is 2.40 bits per heavy atom. The molecule has 4 nitrogen and oxygen atoms in total. The predicted molar refractivity (Wildman–Crippen MR) is 36.3 cm³/mol. The SMILES string of the molecule is Nc1ccc[c]c1[N+](=O)[O-]. The molecule has 1 aromatic rings. The van der Waals surface area contributed by atoms with Crippen LogP contribution in [0.25, 0.3) is 0 Å². The molecule has 0 atom stereocenters. The molecule has 0 saturated heterocycles. The first-order chi connectivity index (χ1) is 4.72. The maximum Gasteiger partial charge on any atom is 0.300 e. The molecule has 0 fully saturated rings. The van der Waals surface area contributed by atoms with Crippen LogP contribution in [0, 0.1) is 16.2 Å². The van der Waals surface area contributed by atoms with Crippen molar-refractivity contribution >= 4 is 11.4 Å². The quantitative estimate of drug-likeness (QED) is 0.356. The van der Waals surface area contributed by atoms with Gasteiger partial charge >= 0.3 is 0 Å². The topological polar surface area (TPSA) is 69.2 Å². The van der Waals surface area contributed by atoms with Gasteiger partial charge in [-0.3, -0.25) is 10.1 Å². The van der Waals surface area contributed by atoms with Crippen LogP contribution in [0.3, 0.4) is 0 Å². The zero-order valence-electron chi connectivity index (χ0n) is 5.07. The number of nitrogen functional groups attached to an aromatic ring is 1. The third-order valence-corrected chi connectivity index (χ3v) is 1.05. The van der Waals surface area contributed by atoms with Crippen molar-refractivity contribution in [2.45, 2.75) is 0 Å². The van der Waals surface area contributed by atoms with Gasteiger partial charge in [0, 0.05) is 0 Å². The number of hydrogen-bond donors (Lipinski definition) is 1. The molecule has 0 bridgehead atoms. The van der Waals surface area contributed by atoms with Crippen LogP contribution in [0.2, 0.25) is 0 Å². The maximum atomic E-state index is 10.1. The second kappa shape index (κ2) is 2.34. The Morgan fingerprint density at radius 1 is 1.70 bits per heavy atom. The van der Waals surface area contributed by atoms with Gasteiger partial charge in [-0.05, 0) is 12.1 Å². The van der Waals surface area contributed by atoms with Gasteiger partial charge in [-0.2, -0.15) is 0 Å². The number of rotatable bonds is 1. The molecule has 0 amide bonds. The number of nitro benzene ring substituents is 1. The molecule has 1 aromatic carbocycles. The first kappa shape index (κ1) is 6.54. The van der Waals surface area contributed by atoms with E-state index in [1.165, 1.54) is 12.1 Å². The summed E-state index contributed by atoms with van der Waals surface area (Å²) >= 11 is 0. The van der Waals surface area contributed by atoms with E-state index in [2.05, 4.69) is 6.07 Å². The van der Waals surface area contributed by atoms with Crippen molar-refractivity contribution < 1.29 is 4.92 Å². The minimum Gasteiger partial charge on any atom is -0.393 e. The molecule has 51 valence electrons. The predicted octanol–water partition coefficient (Wildman–Crippen LogP) is 0.977. The van der Waals surface area contributed by atoms with Crippen LogP contribution in [-0.4, -0.2) is 4.92 Å². The molecule has 0 aromatic heterocycles. The van der Waals surface area contributed by atoms with E-state index in [1.807, 2.05) is 0 Å². The van der Waals surface area contributed by atoms with Crippen LogP contribution >= 0.6 is 0 Å². The van der Waals surface area contributed by atoms with E-state index < -0.39 is 4.92 Å². The summed E-state index contributed by atoms with van der Waals surface area (Å²) in [5, 5.41) is 10.1. The number of nitrogens with two attached hydrogens (primary N) is 1. The lowest BCUT2D eigenvalue weighted by Crippen LogP contribution is -1.94. The van der Waals surface area contributed by atoms with Gasteiger partial charge in [0.05, 0.1) is 11.0 Å². The summed E-state index contributed by atoms with van der Waals surface area (Å²) in [6.07, 6.45) is 0. The van der Waals surface area contributed by atoms with Crippen molar-refractivity contribution in [2.75, 3.05) is 5.73 Å². The standard InChI is InChI=1S/C6H5N2O2/c7-5-3-1-2-4-6(5)8(9)10/h1-3H,7H2. The fraction of sp³-hybridized carbons (Fsp3) is 0. The van der Waals surface area contributed by atoms with Crippen molar-refractivity contribution in [1.29, 1.82) is 0 Å². The molecule has 1 rings (SSSR count). The number of anilines is 1. The molecule has 0 unspecified atom stereocenters. The highest BCUT2D eigenvalue weighted by Gasteiger charge is 2.07. The minimum atomic E-state index is -0.560. The molecule has 1 radical (unpaired) electrons. The van der Waals surface area contributed by atoms with Crippen LogP contribution in [0.15, 0.2) is 18.2 Å². The smallest absolute Gasteiger partial charge is 0.300 e. The molecule has 2 N–H and O–H groups in total. The van der Waals surface area contributed by atoms with E-state index in [1.54, 1.807) is 6.07 Å². The van der Waals surface area contributed by atoms with E-state index in [0.29, 0.717) is 0 Å². The van der Waals surface area contributed by atoms with Crippen molar-refractivity contribution in [3.05, 3.63) is 34.4 Å². The van der Waals surface area contributed by atoms with Gasteiger partial charge in [0.2, 0.25) is 0 Å². The molecular formula is C6H5N2O2. The average Bonchev–Trinajstić information content (AvgIpc) is 1.88. The second-order valence-corrected chi connectivity index (χ2v) is 1.73. The number of benzene rings is 1. The second-order valence-electron chi connectivity index (χ2n) is 1.73. The fourth-order valence-electron chi connectivity index (χ4n) is 0.599. The Hall–Kier alpha value is -1.58. The van der Waals surface area contributed by atoms with Gasteiger partial charge < -0.3 is 5.73 Å². The molecular weight excluding hydrogens is 132 g/mol. The molecule has 0 spiro atoms. The Labute approximate surface area is 57.4 Å². The van der Waals surface area contributed by atoms with Crippen LogP contribution in [0.4, 0.5) is 11.4 Å². The lowest BCUT2D eigenvalue weighted by Gasteiger charge is -1.92. The third-order valence-electron chi connectivity index (χ3n) is 1.05. The summed E-state index contributed by atoms with van der Waals surface area (Å²) in [4.78, 5) is 9.56. The summed E-state index contributed by atoms with van der Waals surface area (Å²) < 4.78 is 0. The number of nitrogens with zero attached hydrogens (tertiary/aromatic N) is 1. The van der Waals surface area contributed by atoms with Crippen LogP contribution in [0.1, 0.15) is 0 Å². The van der Waals surface area contributed by atoms with E-state index in [4.69, 9.17) is 5.73 Å². The van der Waals surface area contributed by atoms with E-state index >= 15 is 0 Å². The molecule has 0 aliphatic rings. The van der Waals surface area contributed by atoms with Crippen LogP contribution in [0.5, 0.6) is 0 Å². The summed E-state index contributed by atoms with van der Waals surface area (Å²) in [6, 6.07) is 6.93. The van der Waals surface area contributed by atoms with E-state index in [9.17, 15) is 10.1 Å². The van der Waals surface area contributed by atoms with Crippen LogP contribution < -0.4 is 5.73 Å². The molecule has 4 heteroatoms. The summed E-state index contributed by atoms with van der Waals surface area (Å²) in [5.74, 6) is 0. The molecule has 0 heterocycles. The van der Waals surface area contributed by atoms with E-state index in [0.717, 1.165) is 0 Å². The monoisotopic (exact) mass is 137 g/mol. The number of hydrogen-bond acceptors (Lipinski definition) is 3. The Morgan fingerprint density at radius 3 is 2.80 bits per heavy atom. The number of para-hydroxylation sites is 1. The summed E-state index contributed by atoms with van der Waals surface area (Å²) in [5.41, 5.74) is 5.23. The fourth-order valence-corrected chi connectivity index (χ4v) is 0.599. The van der Waals surface area contributed by atoms with Gasteiger partial charge in [-0.1, -0.05) is 6.07 Å². The molecule has 10 heavy (non-hydrogen) atoms. The highest BCUT2D eigenvalue weighted by molar-refractivity contribution is 5.56. The Kier molecular flexibility index (Phi) is 1.53. The van der Waals surface area contributed by atoms with Crippen LogP contribution in [-0.2, 0) is 0 Å². The van der Waals surface area contributed by atoms with Crippen molar-refractivity contribution in [3.8, 4) is 0 Å². The van der Waals surface area contributed by atoms with Gasteiger partial charge in [0.1, 0.15) is 5.69 Å². The van der Waals surface area contributed by atoms with Gasteiger partial charge in [0.25, 0.3) is 5.69 Å². The largest absolute Gasteiger partial charge is 0.393 e. The molecule has 0 aliphatic carbocycles. The number of nitro groups is 1. The van der Waals surface area contributed by atoms with Crippen molar-refractivity contribution in [2.24, 2.45) is 0 Å². The van der Waals surface area contributed by atoms with Gasteiger partial charge in [-0.15, -0.1) is 0 Å². The van der Waals surface area contributed by atoms with Gasteiger partial charge in [0.15, 0.2) is 0 Å². The van der Waals surface area contributed by atoms with Crippen molar-refractivity contribution in [3.63, 3.8) is 0 Å². The first-order valence-corrected chi connectivity index (χ1v) is 2.62. The average molecular weight is 137 g/mol. The van der Waals surface area contributed by atoms with Crippen molar-refractivity contribution in [1.82, 2.24) is 0 Å². The molecule has 0 saturated carbocycles. The zero-order chi connectivity index (χ0) is 7.56. The summed E-state index contributed by atoms with van der Waals surface area (Å²) in [7, 11) is 0. The van der Waals surface area contributed by atoms with Gasteiger partial charge in [-0.25, -0.2) is 0 Å². The maximum absolute atomic E-state index is 10.1. The summed E-state index contributed by atoms with van der Waals surface area (Å²) in [6.45, 7) is 0. The molecule has 0 aliphatic heterocycles. The lowest BCUT2D eigenvalue weighted by molar-refractivity contribution is -0.384. The Bertz CT molecular complexity index is 260.